The molecule has 0 bridgehead atoms. The standard InChI is InChI=1S/C16H21N3O2S/c1-5-21-13-8-11(6-7-12(13)20)9-17-19-15-18-14(10-22-15)16(2,3)4/h6-10,20H,5H2,1-4H3,(H,18,19)/b17-9+. The summed E-state index contributed by atoms with van der Waals surface area (Å²) >= 11 is 1.52. The molecule has 0 aliphatic rings. The van der Waals surface area contributed by atoms with Gasteiger partial charge in [-0.15, -0.1) is 11.3 Å². The maximum absolute atomic E-state index is 9.66. The zero-order chi connectivity index (χ0) is 16.2. The quantitative estimate of drug-likeness (QED) is 0.646. The number of hydrogen-bond donors (Lipinski definition) is 2. The first-order valence-electron chi connectivity index (χ1n) is 7.11. The summed E-state index contributed by atoms with van der Waals surface area (Å²) in [6, 6.07) is 5.10. The second kappa shape index (κ2) is 6.79. The van der Waals surface area contributed by atoms with Crippen molar-refractivity contribution >= 4 is 22.7 Å². The number of hydrogen-bond acceptors (Lipinski definition) is 6. The van der Waals surface area contributed by atoms with Gasteiger partial charge < -0.3 is 9.84 Å². The monoisotopic (exact) mass is 319 g/mol. The molecule has 118 valence electrons. The third-order valence-corrected chi connectivity index (χ3v) is 3.68. The molecule has 0 atom stereocenters. The van der Waals surface area contributed by atoms with E-state index in [1.807, 2.05) is 12.3 Å². The first kappa shape index (κ1) is 16.3. The van der Waals surface area contributed by atoms with E-state index in [0.717, 1.165) is 16.4 Å². The first-order chi connectivity index (χ1) is 10.4. The fourth-order valence-electron chi connectivity index (χ4n) is 1.71. The van der Waals surface area contributed by atoms with E-state index in [1.165, 1.54) is 11.3 Å². The lowest BCUT2D eigenvalue weighted by atomic mass is 9.93. The highest BCUT2D eigenvalue weighted by atomic mass is 32.1. The van der Waals surface area contributed by atoms with Gasteiger partial charge in [0.05, 0.1) is 18.5 Å². The maximum Gasteiger partial charge on any atom is 0.203 e. The van der Waals surface area contributed by atoms with Gasteiger partial charge in [0, 0.05) is 10.8 Å². The molecule has 2 aromatic rings. The molecule has 6 heteroatoms. The number of rotatable bonds is 5. The van der Waals surface area contributed by atoms with Gasteiger partial charge in [-0.1, -0.05) is 20.8 Å². The zero-order valence-corrected chi connectivity index (χ0v) is 14.1. The van der Waals surface area contributed by atoms with Crippen molar-refractivity contribution in [2.45, 2.75) is 33.1 Å². The van der Waals surface area contributed by atoms with Crippen molar-refractivity contribution < 1.29 is 9.84 Å². The Labute approximate surface area is 134 Å². The highest BCUT2D eigenvalue weighted by Gasteiger charge is 2.17. The van der Waals surface area contributed by atoms with Gasteiger partial charge in [0.15, 0.2) is 11.5 Å². The van der Waals surface area contributed by atoms with E-state index in [0.29, 0.717) is 12.4 Å². The van der Waals surface area contributed by atoms with Crippen LogP contribution in [0.1, 0.15) is 39.0 Å². The summed E-state index contributed by atoms with van der Waals surface area (Å²) in [4.78, 5) is 4.50. The van der Waals surface area contributed by atoms with Crippen LogP contribution in [0.4, 0.5) is 5.13 Å². The van der Waals surface area contributed by atoms with Gasteiger partial charge in [-0.2, -0.15) is 5.10 Å². The van der Waals surface area contributed by atoms with Crippen molar-refractivity contribution in [3.63, 3.8) is 0 Å². The summed E-state index contributed by atoms with van der Waals surface area (Å²) in [6.45, 7) is 8.75. The molecule has 22 heavy (non-hydrogen) atoms. The number of thiazole rings is 1. The molecule has 0 amide bonds. The van der Waals surface area contributed by atoms with E-state index in [2.05, 4.69) is 36.3 Å². The molecule has 1 aromatic carbocycles. The Balaban J connectivity index is 2.03. The largest absolute Gasteiger partial charge is 0.504 e. The predicted octanol–water partition coefficient (Wildman–Crippen LogP) is 3.99. The normalized spacial score (nSPS) is 11.8. The molecule has 0 aliphatic heterocycles. The van der Waals surface area contributed by atoms with Crippen LogP contribution in [0.3, 0.4) is 0 Å². The summed E-state index contributed by atoms with van der Waals surface area (Å²) in [5, 5.41) is 16.6. The lowest BCUT2D eigenvalue weighted by Crippen LogP contribution is -2.11. The van der Waals surface area contributed by atoms with Crippen LogP contribution in [0, 0.1) is 0 Å². The average Bonchev–Trinajstić information content (AvgIpc) is 2.91. The molecule has 0 aliphatic carbocycles. The number of anilines is 1. The van der Waals surface area contributed by atoms with Gasteiger partial charge in [-0.25, -0.2) is 4.98 Å². The molecule has 0 radical (unpaired) electrons. The molecular weight excluding hydrogens is 298 g/mol. The average molecular weight is 319 g/mol. The minimum Gasteiger partial charge on any atom is -0.504 e. The Kier molecular flexibility index (Phi) is 5.03. The summed E-state index contributed by atoms with van der Waals surface area (Å²) < 4.78 is 5.34. The lowest BCUT2D eigenvalue weighted by molar-refractivity contribution is 0.318. The minimum atomic E-state index is 0.0312. The molecule has 0 saturated carbocycles. The summed E-state index contributed by atoms with van der Waals surface area (Å²) in [5.74, 6) is 0.581. The van der Waals surface area contributed by atoms with Gasteiger partial charge in [0.2, 0.25) is 5.13 Å². The van der Waals surface area contributed by atoms with Crippen LogP contribution < -0.4 is 10.2 Å². The summed E-state index contributed by atoms with van der Waals surface area (Å²) in [5.41, 5.74) is 4.83. The van der Waals surface area contributed by atoms with Gasteiger partial charge in [-0.3, -0.25) is 5.43 Å². The summed E-state index contributed by atoms with van der Waals surface area (Å²) in [7, 11) is 0. The number of hydrazone groups is 1. The zero-order valence-electron chi connectivity index (χ0n) is 13.3. The molecule has 5 nitrogen and oxygen atoms in total. The van der Waals surface area contributed by atoms with Gasteiger partial charge in [0.1, 0.15) is 0 Å². The van der Waals surface area contributed by atoms with Crippen LogP contribution in [0.2, 0.25) is 0 Å². The number of phenolic OH excluding ortho intramolecular Hbond substituents is 1. The topological polar surface area (TPSA) is 66.7 Å². The second-order valence-electron chi connectivity index (χ2n) is 5.82. The van der Waals surface area contributed by atoms with Crippen LogP contribution in [-0.4, -0.2) is 22.9 Å². The van der Waals surface area contributed by atoms with Crippen molar-refractivity contribution in [3.8, 4) is 11.5 Å². The van der Waals surface area contributed by atoms with Crippen LogP contribution in [0.5, 0.6) is 11.5 Å². The fraction of sp³-hybridized carbons (Fsp3) is 0.375. The van der Waals surface area contributed by atoms with Gasteiger partial charge in [-0.05, 0) is 30.7 Å². The third-order valence-electron chi connectivity index (χ3n) is 2.93. The molecule has 0 spiro atoms. The molecule has 0 fully saturated rings. The smallest absolute Gasteiger partial charge is 0.203 e. The Morgan fingerprint density at radius 3 is 2.82 bits per heavy atom. The Hall–Kier alpha value is -2.08. The number of nitrogens with zero attached hydrogens (tertiary/aromatic N) is 2. The molecule has 2 rings (SSSR count). The van der Waals surface area contributed by atoms with Crippen LogP contribution in [0.25, 0.3) is 0 Å². The van der Waals surface area contributed by atoms with E-state index >= 15 is 0 Å². The van der Waals surface area contributed by atoms with Crippen molar-refractivity contribution in [2.24, 2.45) is 5.10 Å². The molecule has 1 aromatic heterocycles. The number of phenols is 1. The van der Waals surface area contributed by atoms with Gasteiger partial charge in [0.25, 0.3) is 0 Å². The third kappa shape index (κ3) is 4.21. The fourth-order valence-corrected chi connectivity index (χ4v) is 2.60. The minimum absolute atomic E-state index is 0.0312. The number of ether oxygens (including phenoxy) is 1. The predicted molar refractivity (Wildman–Crippen MR) is 91.3 cm³/mol. The van der Waals surface area contributed by atoms with E-state index in [9.17, 15) is 5.11 Å². The highest BCUT2D eigenvalue weighted by Crippen LogP contribution is 2.27. The molecule has 2 N–H and O–H groups in total. The number of aromatic nitrogens is 1. The number of nitrogens with one attached hydrogen (secondary N) is 1. The molecule has 1 heterocycles. The first-order valence-corrected chi connectivity index (χ1v) is 7.99. The van der Waals surface area contributed by atoms with Crippen molar-refractivity contribution in [3.05, 3.63) is 34.8 Å². The Bertz CT molecular complexity index is 660. The molecule has 0 saturated heterocycles. The van der Waals surface area contributed by atoms with Crippen LogP contribution in [-0.2, 0) is 5.41 Å². The van der Waals surface area contributed by atoms with Gasteiger partial charge >= 0.3 is 0 Å². The number of aromatic hydroxyl groups is 1. The van der Waals surface area contributed by atoms with Crippen molar-refractivity contribution in [1.29, 1.82) is 0 Å². The van der Waals surface area contributed by atoms with Crippen LogP contribution in [0.15, 0.2) is 28.7 Å². The van der Waals surface area contributed by atoms with Crippen molar-refractivity contribution in [1.82, 2.24) is 4.98 Å². The Morgan fingerprint density at radius 2 is 2.18 bits per heavy atom. The number of benzene rings is 1. The SMILES string of the molecule is CCOc1cc(/C=N/Nc2nc(C(C)(C)C)cs2)ccc1O. The van der Waals surface area contributed by atoms with E-state index in [1.54, 1.807) is 24.4 Å². The van der Waals surface area contributed by atoms with E-state index in [4.69, 9.17) is 4.74 Å². The summed E-state index contributed by atoms with van der Waals surface area (Å²) in [6.07, 6.45) is 1.67. The Morgan fingerprint density at radius 1 is 1.41 bits per heavy atom. The second-order valence-corrected chi connectivity index (χ2v) is 6.68. The van der Waals surface area contributed by atoms with Crippen LogP contribution >= 0.6 is 11.3 Å². The maximum atomic E-state index is 9.66. The highest BCUT2D eigenvalue weighted by molar-refractivity contribution is 7.13. The van der Waals surface area contributed by atoms with Crippen molar-refractivity contribution in [2.75, 3.05) is 12.0 Å². The van der Waals surface area contributed by atoms with E-state index < -0.39 is 0 Å². The van der Waals surface area contributed by atoms with E-state index in [-0.39, 0.29) is 11.2 Å². The molecule has 0 unspecified atom stereocenters. The molecular formula is C16H21N3O2S. The lowest BCUT2D eigenvalue weighted by Gasteiger charge is -2.13.